The van der Waals surface area contributed by atoms with Gasteiger partial charge < -0.3 is 5.32 Å². The lowest BCUT2D eigenvalue weighted by atomic mass is 10.1. The lowest BCUT2D eigenvalue weighted by molar-refractivity contribution is 0.495. The van der Waals surface area contributed by atoms with Crippen molar-refractivity contribution >= 4 is 15.9 Å². The van der Waals surface area contributed by atoms with Gasteiger partial charge in [-0.1, -0.05) is 6.92 Å². The zero-order valence-corrected chi connectivity index (χ0v) is 14.1. The van der Waals surface area contributed by atoms with Crippen molar-refractivity contribution in [1.29, 1.82) is 0 Å². The van der Waals surface area contributed by atoms with E-state index in [1.165, 1.54) is 5.69 Å². The molecule has 0 aliphatic rings. The molecule has 0 aliphatic heterocycles. The quantitative estimate of drug-likeness (QED) is 0.879. The van der Waals surface area contributed by atoms with Gasteiger partial charge in [-0.25, -0.2) is 0 Å². The fourth-order valence-electron chi connectivity index (χ4n) is 2.31. The molecule has 0 radical (unpaired) electrons. The normalized spacial score (nSPS) is 12.8. The van der Waals surface area contributed by atoms with Gasteiger partial charge in [0.2, 0.25) is 0 Å². The first-order valence-electron chi connectivity index (χ1n) is 6.93. The van der Waals surface area contributed by atoms with Crippen LogP contribution in [-0.4, -0.2) is 26.1 Å². The van der Waals surface area contributed by atoms with Crippen LogP contribution in [0.2, 0.25) is 0 Å². The summed E-state index contributed by atoms with van der Waals surface area (Å²) in [6.45, 7) is 5.17. The van der Waals surface area contributed by atoms with Crippen LogP contribution in [0.15, 0.2) is 16.7 Å². The van der Waals surface area contributed by atoms with Crippen molar-refractivity contribution in [3.05, 3.63) is 33.8 Å². The van der Waals surface area contributed by atoms with E-state index in [0.717, 1.165) is 35.2 Å². The van der Waals surface area contributed by atoms with E-state index in [-0.39, 0.29) is 6.04 Å². The molecule has 2 rings (SSSR count). The van der Waals surface area contributed by atoms with Crippen LogP contribution in [-0.2, 0) is 20.5 Å². The highest BCUT2D eigenvalue weighted by molar-refractivity contribution is 9.10. The van der Waals surface area contributed by atoms with Crippen LogP contribution in [0.3, 0.4) is 0 Å². The second-order valence-corrected chi connectivity index (χ2v) is 5.89. The first kappa shape index (κ1) is 15.3. The topological polar surface area (TPSA) is 47.7 Å². The molecule has 2 heterocycles. The van der Waals surface area contributed by atoms with Gasteiger partial charge in [-0.15, -0.1) is 0 Å². The Balaban J connectivity index is 2.23. The van der Waals surface area contributed by atoms with E-state index in [0.29, 0.717) is 0 Å². The molecule has 0 bridgehead atoms. The van der Waals surface area contributed by atoms with Gasteiger partial charge in [0.25, 0.3) is 0 Å². The predicted octanol–water partition coefficient (Wildman–Crippen LogP) is 2.51. The van der Waals surface area contributed by atoms with Gasteiger partial charge in [0.05, 0.1) is 27.6 Å². The van der Waals surface area contributed by atoms with Gasteiger partial charge in [-0.2, -0.15) is 10.2 Å². The number of rotatable bonds is 6. The maximum absolute atomic E-state index is 4.54. The van der Waals surface area contributed by atoms with Gasteiger partial charge in [-0.05, 0) is 41.9 Å². The minimum Gasteiger partial charge on any atom is -0.308 e. The molecule has 0 spiro atoms. The molecule has 2 aromatic rings. The number of aromatic nitrogens is 4. The van der Waals surface area contributed by atoms with E-state index in [9.17, 15) is 0 Å². The maximum atomic E-state index is 4.54. The fraction of sp³-hybridized carbons (Fsp3) is 0.571. The number of hydrogen-bond acceptors (Lipinski definition) is 3. The second kappa shape index (κ2) is 6.54. The molecule has 0 fully saturated rings. The van der Waals surface area contributed by atoms with Crippen molar-refractivity contribution in [2.45, 2.75) is 32.7 Å². The summed E-state index contributed by atoms with van der Waals surface area (Å²) in [7, 11) is 3.94. The molecule has 0 aliphatic carbocycles. The van der Waals surface area contributed by atoms with E-state index in [1.807, 2.05) is 36.6 Å². The van der Waals surface area contributed by atoms with E-state index in [1.54, 1.807) is 0 Å². The zero-order valence-electron chi connectivity index (χ0n) is 12.5. The molecular formula is C14H22BrN5. The Kier molecular flexibility index (Phi) is 4.99. The average molecular weight is 340 g/mol. The molecule has 6 heteroatoms. The number of nitrogens with zero attached hydrogens (tertiary/aromatic N) is 4. The Morgan fingerprint density at radius 1 is 1.35 bits per heavy atom. The van der Waals surface area contributed by atoms with Crippen LogP contribution in [0.5, 0.6) is 0 Å². The summed E-state index contributed by atoms with van der Waals surface area (Å²) < 4.78 is 4.89. The summed E-state index contributed by atoms with van der Waals surface area (Å²) in [4.78, 5) is 0. The first-order chi connectivity index (χ1) is 9.52. The summed E-state index contributed by atoms with van der Waals surface area (Å²) >= 11 is 3.64. The van der Waals surface area contributed by atoms with Crippen molar-refractivity contribution < 1.29 is 0 Å². The molecule has 0 saturated carbocycles. The SMILES string of the molecule is CCCNC(Cc1c(Br)c(C)nn1C)c1ccn(C)n1. The fourth-order valence-corrected chi connectivity index (χ4v) is 2.81. The highest BCUT2D eigenvalue weighted by Gasteiger charge is 2.19. The molecule has 5 nitrogen and oxygen atoms in total. The van der Waals surface area contributed by atoms with Crippen LogP contribution in [0.4, 0.5) is 0 Å². The van der Waals surface area contributed by atoms with Gasteiger partial charge >= 0.3 is 0 Å². The Hall–Kier alpha value is -1.14. The summed E-state index contributed by atoms with van der Waals surface area (Å²) in [6, 6.07) is 2.28. The molecule has 110 valence electrons. The maximum Gasteiger partial charge on any atom is 0.0797 e. The van der Waals surface area contributed by atoms with Crippen LogP contribution >= 0.6 is 15.9 Å². The van der Waals surface area contributed by atoms with Crippen LogP contribution in [0.25, 0.3) is 0 Å². The Morgan fingerprint density at radius 2 is 2.10 bits per heavy atom. The monoisotopic (exact) mass is 339 g/mol. The van der Waals surface area contributed by atoms with Crippen molar-refractivity contribution in [3.8, 4) is 0 Å². The summed E-state index contributed by atoms with van der Waals surface area (Å²) in [5.41, 5.74) is 3.30. The van der Waals surface area contributed by atoms with Crippen LogP contribution in [0.1, 0.15) is 36.5 Å². The van der Waals surface area contributed by atoms with Crippen LogP contribution < -0.4 is 5.32 Å². The van der Waals surface area contributed by atoms with E-state index in [4.69, 9.17) is 0 Å². The van der Waals surface area contributed by atoms with Crippen molar-refractivity contribution in [2.24, 2.45) is 14.1 Å². The van der Waals surface area contributed by atoms with Gasteiger partial charge in [0, 0.05) is 26.7 Å². The number of halogens is 1. The molecule has 0 saturated heterocycles. The molecule has 1 atom stereocenters. The molecule has 0 aromatic carbocycles. The van der Waals surface area contributed by atoms with Gasteiger partial charge in [0.15, 0.2) is 0 Å². The Bertz CT molecular complexity index is 572. The van der Waals surface area contributed by atoms with Gasteiger partial charge in [0.1, 0.15) is 0 Å². The largest absolute Gasteiger partial charge is 0.308 e. The lowest BCUT2D eigenvalue weighted by Crippen LogP contribution is -2.25. The molecule has 1 unspecified atom stereocenters. The molecule has 1 N–H and O–H groups in total. The van der Waals surface area contributed by atoms with Crippen molar-refractivity contribution in [1.82, 2.24) is 24.9 Å². The van der Waals surface area contributed by atoms with Crippen LogP contribution in [0, 0.1) is 6.92 Å². The lowest BCUT2D eigenvalue weighted by Gasteiger charge is -2.17. The molecular weight excluding hydrogens is 318 g/mol. The van der Waals surface area contributed by atoms with E-state index < -0.39 is 0 Å². The van der Waals surface area contributed by atoms with Crippen molar-refractivity contribution in [2.75, 3.05) is 6.54 Å². The Labute approximate surface area is 128 Å². The number of hydrogen-bond donors (Lipinski definition) is 1. The van der Waals surface area contributed by atoms with Crippen molar-refractivity contribution in [3.63, 3.8) is 0 Å². The smallest absolute Gasteiger partial charge is 0.0797 e. The predicted molar refractivity (Wildman–Crippen MR) is 83.6 cm³/mol. The Morgan fingerprint density at radius 3 is 2.60 bits per heavy atom. The van der Waals surface area contributed by atoms with E-state index in [2.05, 4.69) is 44.4 Å². The zero-order chi connectivity index (χ0) is 14.7. The summed E-state index contributed by atoms with van der Waals surface area (Å²) in [6.07, 6.45) is 3.96. The molecule has 2 aromatic heterocycles. The van der Waals surface area contributed by atoms with Gasteiger partial charge in [-0.3, -0.25) is 9.36 Å². The van der Waals surface area contributed by atoms with E-state index >= 15 is 0 Å². The second-order valence-electron chi connectivity index (χ2n) is 5.09. The third kappa shape index (κ3) is 3.30. The number of aryl methyl sites for hydroxylation is 3. The average Bonchev–Trinajstić information content (AvgIpc) is 2.93. The first-order valence-corrected chi connectivity index (χ1v) is 7.73. The number of nitrogens with one attached hydrogen (secondary N) is 1. The minimum absolute atomic E-state index is 0.210. The third-order valence-corrected chi connectivity index (χ3v) is 4.42. The summed E-state index contributed by atoms with van der Waals surface area (Å²) in [5.74, 6) is 0. The highest BCUT2D eigenvalue weighted by atomic mass is 79.9. The third-order valence-electron chi connectivity index (χ3n) is 3.39. The highest BCUT2D eigenvalue weighted by Crippen LogP contribution is 2.25. The summed E-state index contributed by atoms with van der Waals surface area (Å²) in [5, 5.41) is 12.6. The molecule has 20 heavy (non-hydrogen) atoms. The molecule has 0 amide bonds. The standard InChI is InChI=1S/C14H22BrN5/c1-5-7-16-12(11-6-8-19(3)18-11)9-13-14(15)10(2)17-20(13)4/h6,8,12,16H,5,7,9H2,1-4H3. The minimum atomic E-state index is 0.210.